The zero-order valence-corrected chi connectivity index (χ0v) is 11.5. The Kier molecular flexibility index (Phi) is 3.41. The average molecular weight is 242 g/mol. The Hall–Kier alpha value is -1.26. The van der Waals surface area contributed by atoms with E-state index in [2.05, 4.69) is 0 Å². The molecule has 0 spiro atoms. The summed E-state index contributed by atoms with van der Waals surface area (Å²) >= 11 is 0. The van der Waals surface area contributed by atoms with Gasteiger partial charge in [0.2, 0.25) is 5.91 Å². The van der Waals surface area contributed by atoms with Crippen LogP contribution in [0.3, 0.4) is 0 Å². The van der Waals surface area contributed by atoms with Gasteiger partial charge in [0.05, 0.1) is 5.41 Å². The molecular formula is C12H22N2O3. The third-order valence-electron chi connectivity index (χ3n) is 2.65. The fraction of sp³-hybridized carbons (Fsp3) is 0.833. The highest BCUT2D eigenvalue weighted by molar-refractivity contribution is 5.85. The fourth-order valence-electron chi connectivity index (χ4n) is 1.93. The van der Waals surface area contributed by atoms with E-state index in [0.717, 1.165) is 0 Å². The topological polar surface area (TPSA) is 49.9 Å². The predicted molar refractivity (Wildman–Crippen MR) is 64.6 cm³/mol. The van der Waals surface area contributed by atoms with Crippen LogP contribution in [-0.4, -0.2) is 54.6 Å². The van der Waals surface area contributed by atoms with Crippen molar-refractivity contribution in [2.45, 2.75) is 33.3 Å². The lowest BCUT2D eigenvalue weighted by molar-refractivity contribution is -0.147. The zero-order valence-electron chi connectivity index (χ0n) is 11.5. The van der Waals surface area contributed by atoms with Crippen molar-refractivity contribution in [2.24, 2.45) is 5.41 Å². The molecule has 0 saturated carbocycles. The molecule has 2 amide bonds. The van der Waals surface area contributed by atoms with E-state index in [0.29, 0.717) is 13.1 Å². The van der Waals surface area contributed by atoms with Gasteiger partial charge in [0.1, 0.15) is 5.60 Å². The molecule has 0 unspecified atom stereocenters. The highest BCUT2D eigenvalue weighted by Crippen LogP contribution is 2.32. The molecular weight excluding hydrogens is 220 g/mol. The second-order valence-electron chi connectivity index (χ2n) is 6.10. The monoisotopic (exact) mass is 242 g/mol. The van der Waals surface area contributed by atoms with Crippen LogP contribution in [0.1, 0.15) is 27.7 Å². The number of likely N-dealkylation sites (tertiary alicyclic amines) is 1. The van der Waals surface area contributed by atoms with Gasteiger partial charge in [0, 0.05) is 27.2 Å². The molecule has 0 aliphatic carbocycles. The summed E-state index contributed by atoms with van der Waals surface area (Å²) in [6.07, 6.45) is -0.346. The number of amides is 2. The molecule has 0 atom stereocenters. The first-order chi connectivity index (χ1) is 7.55. The first kappa shape index (κ1) is 13.8. The summed E-state index contributed by atoms with van der Waals surface area (Å²) in [5, 5.41) is 0. The largest absolute Gasteiger partial charge is 0.444 e. The van der Waals surface area contributed by atoms with Crippen LogP contribution in [0.15, 0.2) is 0 Å². The van der Waals surface area contributed by atoms with Gasteiger partial charge in [0.15, 0.2) is 0 Å². The maximum atomic E-state index is 11.8. The summed E-state index contributed by atoms with van der Waals surface area (Å²) in [5.74, 6) is 0.0531. The van der Waals surface area contributed by atoms with Crippen LogP contribution in [0.5, 0.6) is 0 Å². The molecule has 1 fully saturated rings. The summed E-state index contributed by atoms with van der Waals surface area (Å²) in [5.41, 5.74) is -0.949. The minimum absolute atomic E-state index is 0.0531. The number of rotatable bonds is 1. The lowest BCUT2D eigenvalue weighted by atomic mass is 9.81. The fourth-order valence-corrected chi connectivity index (χ4v) is 1.93. The van der Waals surface area contributed by atoms with Gasteiger partial charge in [-0.15, -0.1) is 0 Å². The lowest BCUT2D eigenvalue weighted by Crippen LogP contribution is -2.63. The van der Waals surface area contributed by atoms with Crippen molar-refractivity contribution in [3.63, 3.8) is 0 Å². The Labute approximate surface area is 103 Å². The van der Waals surface area contributed by atoms with E-state index >= 15 is 0 Å². The van der Waals surface area contributed by atoms with Crippen molar-refractivity contribution in [3.8, 4) is 0 Å². The standard InChI is InChI=1S/C12H22N2O3/c1-11(2,3)17-10(16)14-7-12(4,8-14)9(15)13(5)6/h7-8H2,1-6H3. The molecule has 0 aromatic carbocycles. The van der Waals surface area contributed by atoms with Gasteiger partial charge in [-0.2, -0.15) is 0 Å². The smallest absolute Gasteiger partial charge is 0.410 e. The molecule has 0 aromatic heterocycles. The van der Waals surface area contributed by atoms with Crippen molar-refractivity contribution < 1.29 is 14.3 Å². The Morgan fingerprint density at radius 1 is 1.24 bits per heavy atom. The van der Waals surface area contributed by atoms with E-state index in [1.807, 2.05) is 27.7 Å². The van der Waals surface area contributed by atoms with Crippen LogP contribution in [0.25, 0.3) is 0 Å². The van der Waals surface area contributed by atoms with Crippen LogP contribution in [-0.2, 0) is 9.53 Å². The number of ether oxygens (including phenoxy) is 1. The normalized spacial score (nSPS) is 18.4. The van der Waals surface area contributed by atoms with E-state index in [9.17, 15) is 9.59 Å². The Balaban J connectivity index is 2.51. The van der Waals surface area contributed by atoms with Crippen molar-refractivity contribution in [1.29, 1.82) is 0 Å². The SMILES string of the molecule is CN(C)C(=O)C1(C)CN(C(=O)OC(C)(C)C)C1. The van der Waals surface area contributed by atoms with Crippen LogP contribution < -0.4 is 0 Å². The summed E-state index contributed by atoms with van der Waals surface area (Å²) in [6, 6.07) is 0. The molecule has 1 aliphatic heterocycles. The van der Waals surface area contributed by atoms with E-state index < -0.39 is 11.0 Å². The van der Waals surface area contributed by atoms with Crippen molar-refractivity contribution in [1.82, 2.24) is 9.80 Å². The van der Waals surface area contributed by atoms with Gasteiger partial charge in [-0.3, -0.25) is 4.79 Å². The second-order valence-corrected chi connectivity index (χ2v) is 6.10. The lowest BCUT2D eigenvalue weighted by Gasteiger charge is -2.47. The molecule has 1 saturated heterocycles. The first-order valence-corrected chi connectivity index (χ1v) is 5.75. The molecule has 5 heteroatoms. The van der Waals surface area contributed by atoms with Crippen LogP contribution in [0.4, 0.5) is 4.79 Å². The highest BCUT2D eigenvalue weighted by atomic mass is 16.6. The molecule has 98 valence electrons. The van der Waals surface area contributed by atoms with Crippen molar-refractivity contribution in [3.05, 3.63) is 0 Å². The maximum absolute atomic E-state index is 11.8. The van der Waals surface area contributed by atoms with Gasteiger partial charge >= 0.3 is 6.09 Å². The molecule has 1 rings (SSSR count). The number of carbonyl (C=O) groups excluding carboxylic acids is 2. The Morgan fingerprint density at radius 3 is 2.06 bits per heavy atom. The van der Waals surface area contributed by atoms with Crippen molar-refractivity contribution >= 4 is 12.0 Å². The summed E-state index contributed by atoms with van der Waals surface area (Å²) < 4.78 is 5.24. The number of hydrogen-bond donors (Lipinski definition) is 0. The van der Waals surface area contributed by atoms with E-state index in [4.69, 9.17) is 4.74 Å². The molecule has 17 heavy (non-hydrogen) atoms. The maximum Gasteiger partial charge on any atom is 0.410 e. The minimum Gasteiger partial charge on any atom is -0.444 e. The van der Waals surface area contributed by atoms with Crippen LogP contribution in [0.2, 0.25) is 0 Å². The zero-order chi connectivity index (χ0) is 13.4. The minimum atomic E-state index is -0.491. The predicted octanol–water partition coefficient (Wildman–Crippen LogP) is 1.33. The molecule has 1 aliphatic rings. The molecule has 0 N–H and O–H groups in total. The number of nitrogens with zero attached hydrogens (tertiary/aromatic N) is 2. The average Bonchev–Trinajstić information content (AvgIpc) is 2.08. The molecule has 0 bridgehead atoms. The van der Waals surface area contributed by atoms with Gasteiger partial charge in [0.25, 0.3) is 0 Å². The molecule has 0 radical (unpaired) electrons. The van der Waals surface area contributed by atoms with Crippen LogP contribution in [0, 0.1) is 5.41 Å². The quantitative estimate of drug-likeness (QED) is 0.697. The second kappa shape index (κ2) is 4.20. The number of hydrogen-bond acceptors (Lipinski definition) is 3. The number of carbonyl (C=O) groups is 2. The van der Waals surface area contributed by atoms with Crippen LogP contribution >= 0.6 is 0 Å². The third-order valence-corrected chi connectivity index (χ3v) is 2.65. The first-order valence-electron chi connectivity index (χ1n) is 5.75. The molecule has 5 nitrogen and oxygen atoms in total. The molecule has 0 aromatic rings. The van der Waals surface area contributed by atoms with Gasteiger partial charge in [-0.05, 0) is 27.7 Å². The van der Waals surface area contributed by atoms with Gasteiger partial charge in [-0.25, -0.2) is 4.79 Å². The molecule has 1 heterocycles. The Bertz CT molecular complexity index is 325. The highest BCUT2D eigenvalue weighted by Gasteiger charge is 2.48. The van der Waals surface area contributed by atoms with Gasteiger partial charge < -0.3 is 14.5 Å². The van der Waals surface area contributed by atoms with E-state index in [-0.39, 0.29) is 12.0 Å². The summed E-state index contributed by atoms with van der Waals surface area (Å²) in [4.78, 5) is 26.7. The Morgan fingerprint density at radius 2 is 1.71 bits per heavy atom. The third kappa shape index (κ3) is 3.11. The summed E-state index contributed by atoms with van der Waals surface area (Å²) in [6.45, 7) is 8.21. The van der Waals surface area contributed by atoms with E-state index in [1.54, 1.807) is 23.9 Å². The summed E-state index contributed by atoms with van der Waals surface area (Å²) in [7, 11) is 3.45. The van der Waals surface area contributed by atoms with E-state index in [1.165, 1.54) is 0 Å². The van der Waals surface area contributed by atoms with Crippen molar-refractivity contribution in [2.75, 3.05) is 27.2 Å². The van der Waals surface area contributed by atoms with Gasteiger partial charge in [-0.1, -0.05) is 0 Å².